The van der Waals surface area contributed by atoms with Gasteiger partial charge in [0.05, 0.1) is 25.4 Å². The summed E-state index contributed by atoms with van der Waals surface area (Å²) in [5.74, 6) is -0.0921. The van der Waals surface area contributed by atoms with E-state index in [9.17, 15) is 19.8 Å². The van der Waals surface area contributed by atoms with Gasteiger partial charge < -0.3 is 20.3 Å². The fraction of sp³-hybridized carbons (Fsp3) is 0.895. The number of carbonyl (C=O) groups excluding carboxylic acids is 2. The van der Waals surface area contributed by atoms with Crippen molar-refractivity contribution in [2.24, 2.45) is 0 Å². The zero-order valence-corrected chi connectivity index (χ0v) is 42.3. The maximum Gasteiger partial charge on any atom is 0.305 e. The molecule has 2 unspecified atom stereocenters. The zero-order valence-electron chi connectivity index (χ0n) is 42.3. The Kier molecular flexibility index (Phi) is 51.6. The van der Waals surface area contributed by atoms with Crippen LogP contribution < -0.4 is 5.32 Å². The fourth-order valence-electron chi connectivity index (χ4n) is 8.62. The van der Waals surface area contributed by atoms with E-state index in [1.807, 2.05) is 0 Å². The molecule has 0 spiro atoms. The van der Waals surface area contributed by atoms with Crippen molar-refractivity contribution in [3.63, 3.8) is 0 Å². The molecule has 63 heavy (non-hydrogen) atoms. The van der Waals surface area contributed by atoms with Gasteiger partial charge in [-0.2, -0.15) is 0 Å². The predicted molar refractivity (Wildman–Crippen MR) is 273 cm³/mol. The Hall–Kier alpha value is -1.66. The lowest BCUT2D eigenvalue weighted by Crippen LogP contribution is -2.45. The summed E-state index contributed by atoms with van der Waals surface area (Å²) in [6.45, 7) is 4.87. The van der Waals surface area contributed by atoms with Crippen molar-refractivity contribution in [2.45, 2.75) is 315 Å². The van der Waals surface area contributed by atoms with Gasteiger partial charge >= 0.3 is 5.97 Å². The van der Waals surface area contributed by atoms with Crippen LogP contribution >= 0.6 is 0 Å². The second-order valence-corrected chi connectivity index (χ2v) is 19.3. The van der Waals surface area contributed by atoms with E-state index in [-0.39, 0.29) is 18.5 Å². The molecule has 0 saturated carbocycles. The fourth-order valence-corrected chi connectivity index (χ4v) is 8.62. The van der Waals surface area contributed by atoms with Gasteiger partial charge in [0.15, 0.2) is 0 Å². The number of aliphatic hydroxyl groups excluding tert-OH is 2. The van der Waals surface area contributed by atoms with E-state index in [4.69, 9.17) is 4.74 Å². The second-order valence-electron chi connectivity index (χ2n) is 19.3. The molecule has 0 saturated heterocycles. The number of allylic oxidation sites excluding steroid dienone is 4. The van der Waals surface area contributed by atoms with Crippen LogP contribution in [0.4, 0.5) is 0 Å². The minimum atomic E-state index is -0.681. The van der Waals surface area contributed by atoms with E-state index in [1.165, 1.54) is 193 Å². The van der Waals surface area contributed by atoms with Crippen molar-refractivity contribution in [2.75, 3.05) is 13.2 Å². The quantitative estimate of drug-likeness (QED) is 0.0321. The van der Waals surface area contributed by atoms with Crippen molar-refractivity contribution in [1.29, 1.82) is 0 Å². The highest BCUT2D eigenvalue weighted by molar-refractivity contribution is 5.76. The van der Waals surface area contributed by atoms with Crippen molar-refractivity contribution < 1.29 is 24.5 Å². The van der Waals surface area contributed by atoms with Crippen LogP contribution in [0.1, 0.15) is 303 Å². The third kappa shape index (κ3) is 49.6. The van der Waals surface area contributed by atoms with E-state index in [1.54, 1.807) is 0 Å². The third-order valence-electron chi connectivity index (χ3n) is 13.0. The van der Waals surface area contributed by atoms with Crippen molar-refractivity contribution >= 4 is 11.9 Å². The molecule has 0 aromatic rings. The highest BCUT2D eigenvalue weighted by Crippen LogP contribution is 2.17. The molecule has 0 radical (unpaired) electrons. The molecule has 0 aliphatic heterocycles. The lowest BCUT2D eigenvalue weighted by atomic mass is 10.0. The van der Waals surface area contributed by atoms with E-state index in [2.05, 4.69) is 43.5 Å². The largest absolute Gasteiger partial charge is 0.466 e. The van der Waals surface area contributed by atoms with Gasteiger partial charge in [0, 0.05) is 12.8 Å². The van der Waals surface area contributed by atoms with Crippen LogP contribution in [0.5, 0.6) is 0 Å². The summed E-state index contributed by atoms with van der Waals surface area (Å²) in [4.78, 5) is 24.5. The number of hydrogen-bond acceptors (Lipinski definition) is 5. The maximum absolute atomic E-state index is 12.5. The normalized spacial score (nSPS) is 12.8. The number of nitrogens with one attached hydrogen (secondary N) is 1. The van der Waals surface area contributed by atoms with Gasteiger partial charge in [0.2, 0.25) is 5.91 Å². The average Bonchev–Trinajstić information content (AvgIpc) is 3.28. The lowest BCUT2D eigenvalue weighted by Gasteiger charge is -2.22. The van der Waals surface area contributed by atoms with Crippen LogP contribution in [-0.4, -0.2) is 47.4 Å². The Morgan fingerprint density at radius 3 is 1.17 bits per heavy atom. The molecule has 0 heterocycles. The number of ether oxygens (including phenoxy) is 1. The summed E-state index contributed by atoms with van der Waals surface area (Å²) in [6, 6.07) is -0.561. The van der Waals surface area contributed by atoms with E-state index in [0.717, 1.165) is 77.0 Å². The van der Waals surface area contributed by atoms with Crippen LogP contribution in [0.15, 0.2) is 24.3 Å². The van der Waals surface area contributed by atoms with Gasteiger partial charge in [-0.3, -0.25) is 9.59 Å². The van der Waals surface area contributed by atoms with E-state index < -0.39 is 12.1 Å². The summed E-state index contributed by atoms with van der Waals surface area (Å²) >= 11 is 0. The Balaban J connectivity index is 3.50. The summed E-state index contributed by atoms with van der Waals surface area (Å²) in [5.41, 5.74) is 0. The molecule has 1 amide bonds. The first-order valence-electron chi connectivity index (χ1n) is 28.1. The van der Waals surface area contributed by atoms with Crippen LogP contribution in [0.25, 0.3) is 0 Å². The summed E-state index contributed by atoms with van der Waals surface area (Å²) < 4.78 is 5.42. The first kappa shape index (κ1) is 61.3. The van der Waals surface area contributed by atoms with E-state index >= 15 is 0 Å². The Labute approximate surface area is 392 Å². The molecule has 372 valence electrons. The molecule has 0 aromatic carbocycles. The summed E-state index contributed by atoms with van der Waals surface area (Å²) in [6.07, 6.45) is 63.1. The number of hydrogen-bond donors (Lipinski definition) is 3. The van der Waals surface area contributed by atoms with Crippen LogP contribution in [-0.2, 0) is 14.3 Å². The predicted octanol–water partition coefficient (Wildman–Crippen LogP) is 17.1. The first-order chi connectivity index (χ1) is 31.0. The molecule has 2 atom stereocenters. The summed E-state index contributed by atoms with van der Waals surface area (Å²) in [7, 11) is 0. The highest BCUT2D eigenvalue weighted by atomic mass is 16.5. The maximum atomic E-state index is 12.5. The zero-order chi connectivity index (χ0) is 45.8. The third-order valence-corrected chi connectivity index (χ3v) is 13.0. The Bertz CT molecular complexity index is 982. The molecule has 0 rings (SSSR count). The van der Waals surface area contributed by atoms with Gasteiger partial charge in [-0.05, 0) is 77.0 Å². The van der Waals surface area contributed by atoms with Gasteiger partial charge in [-0.1, -0.05) is 237 Å². The Morgan fingerprint density at radius 1 is 0.429 bits per heavy atom. The molecular weight excluding hydrogens is 779 g/mol. The first-order valence-corrected chi connectivity index (χ1v) is 28.1. The van der Waals surface area contributed by atoms with Crippen LogP contribution in [0.2, 0.25) is 0 Å². The molecule has 0 aromatic heterocycles. The summed E-state index contributed by atoms with van der Waals surface area (Å²) in [5, 5.41) is 23.3. The molecule has 6 heteroatoms. The topological polar surface area (TPSA) is 95.9 Å². The monoisotopic (exact) mass is 888 g/mol. The molecule has 0 fully saturated rings. The lowest BCUT2D eigenvalue weighted by molar-refractivity contribution is -0.143. The van der Waals surface area contributed by atoms with E-state index in [0.29, 0.717) is 25.9 Å². The average molecular weight is 889 g/mol. The number of aliphatic hydroxyl groups is 2. The minimum absolute atomic E-state index is 0.0333. The van der Waals surface area contributed by atoms with Gasteiger partial charge in [-0.25, -0.2) is 0 Å². The number of esters is 1. The highest BCUT2D eigenvalue weighted by Gasteiger charge is 2.20. The number of amides is 1. The second kappa shape index (κ2) is 53.0. The van der Waals surface area contributed by atoms with Gasteiger partial charge in [0.1, 0.15) is 0 Å². The van der Waals surface area contributed by atoms with Crippen LogP contribution in [0.3, 0.4) is 0 Å². The Morgan fingerprint density at radius 2 is 0.762 bits per heavy atom. The molecule has 0 aliphatic rings. The SMILES string of the molecule is CCCC/C=C\CCCCCCCC(=O)OCCCCC/C=C\CCCCCCCC(=O)NC(CO)C(O)CCCCCCCCCCCCCCCCCCCCCCCCC. The van der Waals surface area contributed by atoms with Gasteiger partial charge in [0.25, 0.3) is 0 Å². The number of carbonyl (C=O) groups is 2. The van der Waals surface area contributed by atoms with Crippen LogP contribution in [0, 0.1) is 0 Å². The molecule has 6 nitrogen and oxygen atoms in total. The number of unbranched alkanes of at least 4 members (excludes halogenated alkanes) is 37. The smallest absolute Gasteiger partial charge is 0.305 e. The minimum Gasteiger partial charge on any atom is -0.466 e. The van der Waals surface area contributed by atoms with Crippen molar-refractivity contribution in [3.8, 4) is 0 Å². The molecule has 0 bridgehead atoms. The molecular formula is C57H109NO5. The molecule has 0 aliphatic carbocycles. The number of rotatable bonds is 52. The van der Waals surface area contributed by atoms with Crippen molar-refractivity contribution in [1.82, 2.24) is 5.32 Å². The van der Waals surface area contributed by atoms with Crippen molar-refractivity contribution in [3.05, 3.63) is 24.3 Å². The standard InChI is InChI=1S/C57H109NO5/c1-3-5-7-9-11-13-15-16-17-18-19-20-21-22-23-24-25-26-30-33-37-41-45-49-55(60)54(53-59)58-56(61)50-46-42-38-34-31-27-28-32-36-40-44-48-52-63-57(62)51-47-43-39-35-29-14-12-10-8-6-4-2/h10,12,28,32,54-55,59-60H,3-9,11,13-27,29-31,33-53H2,1-2H3,(H,58,61)/b12-10-,32-28-. The van der Waals surface area contributed by atoms with Gasteiger partial charge in [-0.15, -0.1) is 0 Å². The molecule has 3 N–H and O–H groups in total.